The largest absolute Gasteiger partial charge is 0.395 e. The Labute approximate surface area is 135 Å². The summed E-state index contributed by atoms with van der Waals surface area (Å²) in [6.45, 7) is 1.79. The van der Waals surface area contributed by atoms with Crippen LogP contribution >= 0.6 is 0 Å². The summed E-state index contributed by atoms with van der Waals surface area (Å²) < 4.78 is 27.3. The van der Waals surface area contributed by atoms with Gasteiger partial charge in [0.2, 0.25) is 0 Å². The number of carbonyl (C=O) groups is 1. The maximum atomic E-state index is 12.4. The average molecular weight is 334 g/mol. The molecule has 7 heteroatoms. The van der Waals surface area contributed by atoms with Crippen molar-refractivity contribution < 1.29 is 18.3 Å². The normalized spacial score (nSPS) is 11.0. The molecular weight excluding hydrogens is 316 g/mol. The highest BCUT2D eigenvalue weighted by atomic mass is 32.2. The number of hydrogen-bond donors (Lipinski definition) is 3. The summed E-state index contributed by atoms with van der Waals surface area (Å²) in [5.41, 5.74) is 1.60. The molecule has 2 rings (SSSR count). The third-order valence-corrected chi connectivity index (χ3v) is 4.45. The molecule has 1 amide bonds. The van der Waals surface area contributed by atoms with Crippen LogP contribution in [-0.4, -0.2) is 32.6 Å². The van der Waals surface area contributed by atoms with E-state index in [9.17, 15) is 13.2 Å². The van der Waals surface area contributed by atoms with Gasteiger partial charge in [-0.3, -0.25) is 9.52 Å². The summed E-state index contributed by atoms with van der Waals surface area (Å²) in [5, 5.41) is 11.2. The van der Waals surface area contributed by atoms with E-state index in [0.717, 1.165) is 5.56 Å². The van der Waals surface area contributed by atoms with Gasteiger partial charge in [0, 0.05) is 17.8 Å². The predicted octanol–water partition coefficient (Wildman–Crippen LogP) is 1.52. The van der Waals surface area contributed by atoms with Crippen LogP contribution in [0.1, 0.15) is 15.9 Å². The number of amides is 1. The standard InChI is InChI=1S/C16H18N2O4S/c1-12-4-2-6-14(10-12)18-23(21,22)15-7-3-5-13(11-15)16(20)17-8-9-19/h2-7,10-11,18-19H,8-9H2,1H3,(H,17,20). The van der Waals surface area contributed by atoms with Gasteiger partial charge in [-0.05, 0) is 42.8 Å². The van der Waals surface area contributed by atoms with Crippen molar-refractivity contribution in [1.29, 1.82) is 0 Å². The SMILES string of the molecule is Cc1cccc(NS(=O)(=O)c2cccc(C(=O)NCCO)c2)c1. The highest BCUT2D eigenvalue weighted by Crippen LogP contribution is 2.18. The van der Waals surface area contributed by atoms with Gasteiger partial charge in [-0.1, -0.05) is 18.2 Å². The molecule has 0 spiro atoms. The van der Waals surface area contributed by atoms with Crippen molar-refractivity contribution in [3.63, 3.8) is 0 Å². The van der Waals surface area contributed by atoms with Crippen LogP contribution in [0.5, 0.6) is 0 Å². The number of hydrogen-bond acceptors (Lipinski definition) is 4. The summed E-state index contributed by atoms with van der Waals surface area (Å²) >= 11 is 0. The summed E-state index contributed by atoms with van der Waals surface area (Å²) in [4.78, 5) is 11.8. The van der Waals surface area contributed by atoms with Gasteiger partial charge in [-0.25, -0.2) is 8.42 Å². The first-order valence-electron chi connectivity index (χ1n) is 7.01. The zero-order valence-corrected chi connectivity index (χ0v) is 13.4. The van der Waals surface area contributed by atoms with Gasteiger partial charge in [0.25, 0.3) is 15.9 Å². The van der Waals surface area contributed by atoms with Crippen LogP contribution in [0.3, 0.4) is 0 Å². The molecule has 2 aromatic carbocycles. The van der Waals surface area contributed by atoms with E-state index in [1.54, 1.807) is 18.2 Å². The molecule has 2 aromatic rings. The summed E-state index contributed by atoms with van der Waals surface area (Å²) in [5.74, 6) is -0.438. The zero-order valence-electron chi connectivity index (χ0n) is 12.6. The molecule has 0 saturated heterocycles. The topological polar surface area (TPSA) is 95.5 Å². The van der Waals surface area contributed by atoms with Gasteiger partial charge < -0.3 is 10.4 Å². The minimum Gasteiger partial charge on any atom is -0.395 e. The second-order valence-corrected chi connectivity index (χ2v) is 6.66. The number of sulfonamides is 1. The Kier molecular flexibility index (Phi) is 5.36. The van der Waals surface area contributed by atoms with E-state index in [1.165, 1.54) is 24.3 Å². The van der Waals surface area contributed by atoms with Gasteiger partial charge in [-0.2, -0.15) is 0 Å². The molecular formula is C16H18N2O4S. The fourth-order valence-corrected chi connectivity index (χ4v) is 3.09. The maximum Gasteiger partial charge on any atom is 0.261 e. The first-order valence-corrected chi connectivity index (χ1v) is 8.49. The number of rotatable bonds is 6. The van der Waals surface area contributed by atoms with E-state index in [4.69, 9.17) is 5.11 Å². The Balaban J connectivity index is 2.24. The molecule has 0 fully saturated rings. The van der Waals surface area contributed by atoms with E-state index in [-0.39, 0.29) is 23.6 Å². The second-order valence-electron chi connectivity index (χ2n) is 4.98. The van der Waals surface area contributed by atoms with Gasteiger partial charge >= 0.3 is 0 Å². The molecule has 0 radical (unpaired) electrons. The van der Waals surface area contributed by atoms with Crippen LogP contribution in [-0.2, 0) is 10.0 Å². The molecule has 0 aliphatic carbocycles. The van der Waals surface area contributed by atoms with Crippen molar-refractivity contribution in [2.45, 2.75) is 11.8 Å². The Morgan fingerprint density at radius 3 is 2.57 bits per heavy atom. The lowest BCUT2D eigenvalue weighted by Crippen LogP contribution is -2.26. The first kappa shape index (κ1) is 17.0. The fourth-order valence-electron chi connectivity index (χ4n) is 2.00. The molecule has 0 aliphatic heterocycles. The van der Waals surface area contributed by atoms with Crippen molar-refractivity contribution >= 4 is 21.6 Å². The van der Waals surface area contributed by atoms with Crippen LogP contribution in [0.2, 0.25) is 0 Å². The highest BCUT2D eigenvalue weighted by Gasteiger charge is 2.16. The molecule has 122 valence electrons. The number of carbonyl (C=O) groups excluding carboxylic acids is 1. The van der Waals surface area contributed by atoms with E-state index < -0.39 is 15.9 Å². The summed E-state index contributed by atoms with van der Waals surface area (Å²) in [6.07, 6.45) is 0. The second kappa shape index (κ2) is 7.26. The number of aliphatic hydroxyl groups excluding tert-OH is 1. The van der Waals surface area contributed by atoms with Gasteiger partial charge in [0.05, 0.1) is 11.5 Å². The van der Waals surface area contributed by atoms with Crippen molar-refractivity contribution in [3.8, 4) is 0 Å². The van der Waals surface area contributed by atoms with Crippen molar-refractivity contribution in [1.82, 2.24) is 5.32 Å². The highest BCUT2D eigenvalue weighted by molar-refractivity contribution is 7.92. The van der Waals surface area contributed by atoms with Gasteiger partial charge in [-0.15, -0.1) is 0 Å². The smallest absolute Gasteiger partial charge is 0.261 e. The molecule has 0 aromatic heterocycles. The number of aliphatic hydroxyl groups is 1. The third-order valence-electron chi connectivity index (χ3n) is 3.07. The van der Waals surface area contributed by atoms with Crippen LogP contribution in [0.4, 0.5) is 5.69 Å². The van der Waals surface area contributed by atoms with Crippen LogP contribution in [0.25, 0.3) is 0 Å². The Hall–Kier alpha value is -2.38. The van der Waals surface area contributed by atoms with Crippen LogP contribution < -0.4 is 10.0 Å². The lowest BCUT2D eigenvalue weighted by Gasteiger charge is -2.10. The van der Waals surface area contributed by atoms with Gasteiger partial charge in [0.15, 0.2) is 0 Å². The van der Waals surface area contributed by atoms with Crippen LogP contribution in [0, 0.1) is 6.92 Å². The predicted molar refractivity (Wildman–Crippen MR) is 87.8 cm³/mol. The fraction of sp³-hybridized carbons (Fsp3) is 0.188. The maximum absolute atomic E-state index is 12.4. The van der Waals surface area contributed by atoms with E-state index in [1.807, 2.05) is 13.0 Å². The zero-order chi connectivity index (χ0) is 16.9. The molecule has 0 saturated carbocycles. The third kappa shape index (κ3) is 4.54. The summed E-state index contributed by atoms with van der Waals surface area (Å²) in [6, 6.07) is 12.7. The Morgan fingerprint density at radius 1 is 1.13 bits per heavy atom. The molecule has 23 heavy (non-hydrogen) atoms. The molecule has 0 unspecified atom stereocenters. The van der Waals surface area contributed by atoms with Crippen molar-refractivity contribution in [2.75, 3.05) is 17.9 Å². The van der Waals surface area contributed by atoms with Crippen LogP contribution in [0.15, 0.2) is 53.4 Å². The number of anilines is 1. The number of aryl methyl sites for hydroxylation is 1. The Bertz CT molecular complexity index is 803. The minimum absolute atomic E-state index is 0.00402. The molecule has 0 heterocycles. The van der Waals surface area contributed by atoms with E-state index >= 15 is 0 Å². The molecule has 0 bridgehead atoms. The number of benzene rings is 2. The van der Waals surface area contributed by atoms with E-state index in [0.29, 0.717) is 5.69 Å². The Morgan fingerprint density at radius 2 is 1.87 bits per heavy atom. The number of nitrogens with one attached hydrogen (secondary N) is 2. The lowest BCUT2D eigenvalue weighted by molar-refractivity contribution is 0.0944. The van der Waals surface area contributed by atoms with E-state index in [2.05, 4.69) is 10.0 Å². The quantitative estimate of drug-likeness (QED) is 0.746. The average Bonchev–Trinajstić information content (AvgIpc) is 2.52. The molecule has 6 nitrogen and oxygen atoms in total. The summed E-state index contributed by atoms with van der Waals surface area (Å²) in [7, 11) is -3.79. The van der Waals surface area contributed by atoms with Crippen molar-refractivity contribution in [3.05, 3.63) is 59.7 Å². The van der Waals surface area contributed by atoms with Gasteiger partial charge in [0.1, 0.15) is 0 Å². The molecule has 3 N–H and O–H groups in total. The molecule has 0 aliphatic rings. The van der Waals surface area contributed by atoms with Crippen molar-refractivity contribution in [2.24, 2.45) is 0 Å². The molecule has 0 atom stereocenters. The minimum atomic E-state index is -3.79. The monoisotopic (exact) mass is 334 g/mol. The lowest BCUT2D eigenvalue weighted by atomic mass is 10.2. The first-order chi connectivity index (χ1) is 10.9.